The Kier molecular flexibility index (Phi) is 5.69. The first kappa shape index (κ1) is 17.4. The van der Waals surface area contributed by atoms with E-state index >= 15 is 0 Å². The standard InChI is InChI=1S/C19H21F3O/c1-12(2)18-5-4-17(11-19(18)22)23-7-6-13(3)14-8-15(20)10-16(21)9-14/h4-5,8-13H,6-7H2,1-3H3. The molecule has 0 saturated heterocycles. The largest absolute Gasteiger partial charge is 0.493 e. The fourth-order valence-corrected chi connectivity index (χ4v) is 2.45. The molecule has 0 radical (unpaired) electrons. The summed E-state index contributed by atoms with van der Waals surface area (Å²) in [5, 5.41) is 0. The first-order chi connectivity index (χ1) is 10.9. The van der Waals surface area contributed by atoms with Crippen molar-refractivity contribution in [3.8, 4) is 5.75 Å². The molecule has 2 aromatic rings. The van der Waals surface area contributed by atoms with Crippen molar-refractivity contribution in [1.29, 1.82) is 0 Å². The molecule has 0 aliphatic heterocycles. The van der Waals surface area contributed by atoms with Crippen LogP contribution < -0.4 is 4.74 Å². The summed E-state index contributed by atoms with van der Waals surface area (Å²) in [4.78, 5) is 0. The van der Waals surface area contributed by atoms with E-state index in [1.165, 1.54) is 18.2 Å². The number of rotatable bonds is 6. The molecule has 1 atom stereocenters. The first-order valence-electron chi connectivity index (χ1n) is 7.75. The maximum Gasteiger partial charge on any atom is 0.130 e. The molecule has 1 nitrogen and oxygen atoms in total. The molecule has 2 rings (SSSR count). The zero-order chi connectivity index (χ0) is 17.0. The van der Waals surface area contributed by atoms with E-state index in [9.17, 15) is 13.2 Å². The van der Waals surface area contributed by atoms with E-state index in [-0.39, 0.29) is 17.7 Å². The molecule has 0 aromatic heterocycles. The zero-order valence-corrected chi connectivity index (χ0v) is 13.6. The number of halogens is 3. The van der Waals surface area contributed by atoms with Crippen molar-refractivity contribution in [2.75, 3.05) is 6.61 Å². The van der Waals surface area contributed by atoms with Gasteiger partial charge in [0.1, 0.15) is 23.2 Å². The predicted octanol–water partition coefficient (Wildman–Crippen LogP) is 5.80. The number of ether oxygens (including phenoxy) is 1. The third-order valence-corrected chi connectivity index (χ3v) is 3.87. The molecule has 1 unspecified atom stereocenters. The summed E-state index contributed by atoms with van der Waals surface area (Å²) >= 11 is 0. The predicted molar refractivity (Wildman–Crippen MR) is 85.4 cm³/mol. The maximum absolute atomic E-state index is 13.9. The minimum atomic E-state index is -0.584. The van der Waals surface area contributed by atoms with E-state index in [2.05, 4.69) is 0 Å². The lowest BCUT2D eigenvalue weighted by atomic mass is 9.98. The minimum absolute atomic E-state index is 0.0556. The third-order valence-electron chi connectivity index (χ3n) is 3.87. The topological polar surface area (TPSA) is 9.23 Å². The summed E-state index contributed by atoms with van der Waals surface area (Å²) in [6, 6.07) is 8.34. The maximum atomic E-state index is 13.9. The lowest BCUT2D eigenvalue weighted by Gasteiger charge is -2.14. The van der Waals surface area contributed by atoms with Gasteiger partial charge in [-0.2, -0.15) is 0 Å². The molecule has 0 fully saturated rings. The van der Waals surface area contributed by atoms with Gasteiger partial charge in [0.05, 0.1) is 6.61 Å². The quantitative estimate of drug-likeness (QED) is 0.653. The third kappa shape index (κ3) is 4.75. The van der Waals surface area contributed by atoms with E-state index in [4.69, 9.17) is 4.74 Å². The Bertz CT molecular complexity index is 647. The summed E-state index contributed by atoms with van der Waals surface area (Å²) in [6.07, 6.45) is 0.580. The van der Waals surface area contributed by atoms with Crippen molar-refractivity contribution in [3.05, 3.63) is 65.0 Å². The Morgan fingerprint density at radius 1 is 0.913 bits per heavy atom. The molecule has 0 aliphatic carbocycles. The van der Waals surface area contributed by atoms with E-state index in [0.717, 1.165) is 6.07 Å². The van der Waals surface area contributed by atoms with Gasteiger partial charge in [-0.3, -0.25) is 0 Å². The second-order valence-electron chi connectivity index (χ2n) is 6.08. The van der Waals surface area contributed by atoms with Gasteiger partial charge >= 0.3 is 0 Å². The summed E-state index contributed by atoms with van der Waals surface area (Å²) in [6.45, 7) is 6.08. The van der Waals surface area contributed by atoms with Crippen LogP contribution in [0.3, 0.4) is 0 Å². The highest BCUT2D eigenvalue weighted by Gasteiger charge is 2.11. The van der Waals surface area contributed by atoms with E-state index in [1.807, 2.05) is 20.8 Å². The van der Waals surface area contributed by atoms with Crippen molar-refractivity contribution in [2.24, 2.45) is 0 Å². The molecule has 23 heavy (non-hydrogen) atoms. The number of hydrogen-bond acceptors (Lipinski definition) is 1. The lowest BCUT2D eigenvalue weighted by Crippen LogP contribution is -2.04. The van der Waals surface area contributed by atoms with Crippen LogP contribution in [0.2, 0.25) is 0 Å². The van der Waals surface area contributed by atoms with Gasteiger partial charge in [-0.1, -0.05) is 26.8 Å². The summed E-state index contributed by atoms with van der Waals surface area (Å²) < 4.78 is 45.8. The van der Waals surface area contributed by atoms with Gasteiger partial charge < -0.3 is 4.74 Å². The molecule has 0 aliphatic rings. The van der Waals surface area contributed by atoms with Crippen LogP contribution in [0, 0.1) is 17.5 Å². The molecule has 0 bridgehead atoms. The average Bonchev–Trinajstić information content (AvgIpc) is 2.45. The van der Waals surface area contributed by atoms with Crippen LogP contribution in [-0.2, 0) is 0 Å². The second kappa shape index (κ2) is 7.53. The molecule has 0 amide bonds. The normalized spacial score (nSPS) is 12.5. The molecule has 0 spiro atoms. The second-order valence-corrected chi connectivity index (χ2v) is 6.08. The smallest absolute Gasteiger partial charge is 0.130 e. The van der Waals surface area contributed by atoms with Crippen molar-refractivity contribution < 1.29 is 17.9 Å². The lowest BCUT2D eigenvalue weighted by molar-refractivity contribution is 0.299. The van der Waals surface area contributed by atoms with E-state index in [0.29, 0.717) is 29.9 Å². The number of benzene rings is 2. The van der Waals surface area contributed by atoms with E-state index < -0.39 is 11.6 Å². The van der Waals surface area contributed by atoms with Crippen molar-refractivity contribution in [1.82, 2.24) is 0 Å². The average molecular weight is 322 g/mol. The molecule has 0 N–H and O–H groups in total. The Morgan fingerprint density at radius 3 is 2.13 bits per heavy atom. The summed E-state index contributed by atoms with van der Waals surface area (Å²) in [5.74, 6) is -0.924. The van der Waals surface area contributed by atoms with E-state index in [1.54, 1.807) is 12.1 Å². The molecule has 124 valence electrons. The Hall–Kier alpha value is -1.97. The van der Waals surface area contributed by atoms with Crippen LogP contribution in [0.15, 0.2) is 36.4 Å². The summed E-state index contributed by atoms with van der Waals surface area (Å²) in [7, 11) is 0. The highest BCUT2D eigenvalue weighted by Crippen LogP contribution is 2.24. The Balaban J connectivity index is 1.93. The highest BCUT2D eigenvalue weighted by molar-refractivity contribution is 5.30. The van der Waals surface area contributed by atoms with Crippen molar-refractivity contribution >= 4 is 0 Å². The molecule has 4 heteroatoms. The number of hydrogen-bond donors (Lipinski definition) is 0. The van der Waals surface area contributed by atoms with Crippen LogP contribution in [0.1, 0.15) is 50.2 Å². The van der Waals surface area contributed by atoms with Gasteiger partial charge in [0.15, 0.2) is 0 Å². The minimum Gasteiger partial charge on any atom is -0.493 e. The Labute approximate surface area is 135 Å². The van der Waals surface area contributed by atoms with Gasteiger partial charge in [-0.15, -0.1) is 0 Å². The first-order valence-corrected chi connectivity index (χ1v) is 7.75. The van der Waals surface area contributed by atoms with Crippen LogP contribution in [0.25, 0.3) is 0 Å². The van der Waals surface area contributed by atoms with Gasteiger partial charge in [0.2, 0.25) is 0 Å². The van der Waals surface area contributed by atoms with Gasteiger partial charge in [0, 0.05) is 12.1 Å². The van der Waals surface area contributed by atoms with Crippen molar-refractivity contribution in [2.45, 2.75) is 39.0 Å². The van der Waals surface area contributed by atoms with Crippen LogP contribution in [0.4, 0.5) is 13.2 Å². The summed E-state index contributed by atoms with van der Waals surface area (Å²) in [5.41, 5.74) is 1.24. The molecule has 0 saturated carbocycles. The monoisotopic (exact) mass is 322 g/mol. The van der Waals surface area contributed by atoms with Gasteiger partial charge in [0.25, 0.3) is 0 Å². The molecule has 2 aromatic carbocycles. The van der Waals surface area contributed by atoms with Crippen LogP contribution >= 0.6 is 0 Å². The van der Waals surface area contributed by atoms with Crippen LogP contribution in [-0.4, -0.2) is 6.61 Å². The van der Waals surface area contributed by atoms with Gasteiger partial charge in [-0.05, 0) is 47.6 Å². The fraction of sp³-hybridized carbons (Fsp3) is 0.368. The highest BCUT2D eigenvalue weighted by atomic mass is 19.1. The molecule has 0 heterocycles. The molecular formula is C19H21F3O. The molecular weight excluding hydrogens is 301 g/mol. The van der Waals surface area contributed by atoms with Gasteiger partial charge in [-0.25, -0.2) is 13.2 Å². The SMILES string of the molecule is CC(C)c1ccc(OCCC(C)c2cc(F)cc(F)c2)cc1F. The van der Waals surface area contributed by atoms with Crippen molar-refractivity contribution in [3.63, 3.8) is 0 Å². The fourth-order valence-electron chi connectivity index (χ4n) is 2.45. The van der Waals surface area contributed by atoms with Crippen LogP contribution in [0.5, 0.6) is 5.75 Å². The zero-order valence-electron chi connectivity index (χ0n) is 13.6. The Morgan fingerprint density at radius 2 is 1.57 bits per heavy atom.